The lowest BCUT2D eigenvalue weighted by molar-refractivity contribution is 0.0772. The van der Waals surface area contributed by atoms with Crippen LogP contribution in [0.5, 0.6) is 0 Å². The van der Waals surface area contributed by atoms with E-state index < -0.39 is 15.6 Å². The van der Waals surface area contributed by atoms with Crippen LogP contribution in [0.25, 0.3) is 0 Å². The summed E-state index contributed by atoms with van der Waals surface area (Å²) >= 11 is 0. The van der Waals surface area contributed by atoms with Crippen LogP contribution in [-0.2, 0) is 15.6 Å². The molecule has 2 aliphatic heterocycles. The van der Waals surface area contributed by atoms with E-state index in [2.05, 4.69) is 10.1 Å². The van der Waals surface area contributed by atoms with Gasteiger partial charge < -0.3 is 9.42 Å². The summed E-state index contributed by atoms with van der Waals surface area (Å²) in [4.78, 5) is 19.1. The molecule has 1 amide bonds. The maximum atomic E-state index is 13.0. The first-order valence-corrected chi connectivity index (χ1v) is 10.5. The standard InChI is InChI=1S/C18H23N5O4S/c1-13-19-17(27-20-13)18-11-22(16(24)14-7-5-4-6-8-14)9-15(18)10-23(12-18)28(25,26)21(2)3/h4-8,15H,9-12H2,1-3H3/t15-,18-/m1/s1. The van der Waals surface area contributed by atoms with Gasteiger partial charge in [0.1, 0.15) is 0 Å². The molecule has 1 aromatic carbocycles. The monoisotopic (exact) mass is 405 g/mol. The molecule has 0 N–H and O–H groups in total. The van der Waals surface area contributed by atoms with Gasteiger partial charge in [0.25, 0.3) is 16.1 Å². The van der Waals surface area contributed by atoms with Gasteiger partial charge in [-0.3, -0.25) is 4.79 Å². The van der Waals surface area contributed by atoms with Gasteiger partial charge in [0.2, 0.25) is 5.89 Å². The topological polar surface area (TPSA) is 99.8 Å². The molecule has 2 saturated heterocycles. The van der Waals surface area contributed by atoms with Crippen LogP contribution in [0, 0.1) is 12.8 Å². The minimum atomic E-state index is -3.57. The summed E-state index contributed by atoms with van der Waals surface area (Å²) in [5.41, 5.74) is -0.0912. The van der Waals surface area contributed by atoms with Crippen molar-refractivity contribution in [3.8, 4) is 0 Å². The van der Waals surface area contributed by atoms with Gasteiger partial charge in [-0.05, 0) is 19.1 Å². The van der Waals surface area contributed by atoms with E-state index in [4.69, 9.17) is 4.52 Å². The van der Waals surface area contributed by atoms with Crippen molar-refractivity contribution in [3.05, 3.63) is 47.6 Å². The molecule has 3 heterocycles. The van der Waals surface area contributed by atoms with Gasteiger partial charge in [-0.1, -0.05) is 23.4 Å². The number of hydrogen-bond acceptors (Lipinski definition) is 6. The maximum absolute atomic E-state index is 13.0. The van der Waals surface area contributed by atoms with Crippen molar-refractivity contribution in [2.75, 3.05) is 40.3 Å². The number of benzene rings is 1. The predicted octanol–water partition coefficient (Wildman–Crippen LogP) is 0.510. The predicted molar refractivity (Wildman–Crippen MR) is 101 cm³/mol. The minimum Gasteiger partial charge on any atom is -0.339 e. The molecule has 1 aromatic heterocycles. The number of likely N-dealkylation sites (tertiary alicyclic amines) is 1. The zero-order chi connectivity index (χ0) is 20.1. The largest absolute Gasteiger partial charge is 0.339 e. The van der Waals surface area contributed by atoms with Crippen LogP contribution in [0.15, 0.2) is 34.9 Å². The average Bonchev–Trinajstić information content (AvgIpc) is 3.34. The second kappa shape index (κ2) is 6.64. The summed E-state index contributed by atoms with van der Waals surface area (Å²) in [6.45, 7) is 3.02. The Balaban J connectivity index is 1.68. The zero-order valence-corrected chi connectivity index (χ0v) is 16.9. The highest BCUT2D eigenvalue weighted by Crippen LogP contribution is 2.45. The van der Waals surface area contributed by atoms with Crippen LogP contribution in [0.2, 0.25) is 0 Å². The van der Waals surface area contributed by atoms with Crippen molar-refractivity contribution in [2.45, 2.75) is 12.3 Å². The molecule has 0 spiro atoms. The quantitative estimate of drug-likeness (QED) is 0.735. The second-order valence-corrected chi connectivity index (χ2v) is 9.78. The summed E-state index contributed by atoms with van der Waals surface area (Å²) < 4.78 is 33.5. The lowest BCUT2D eigenvalue weighted by Gasteiger charge is -2.27. The molecule has 4 rings (SSSR count). The van der Waals surface area contributed by atoms with Crippen LogP contribution >= 0.6 is 0 Å². The van der Waals surface area contributed by atoms with Gasteiger partial charge in [-0.15, -0.1) is 0 Å². The molecule has 9 nitrogen and oxygen atoms in total. The van der Waals surface area contributed by atoms with Crippen molar-refractivity contribution < 1.29 is 17.7 Å². The summed E-state index contributed by atoms with van der Waals surface area (Å²) in [5, 5.41) is 3.90. The van der Waals surface area contributed by atoms with Crippen molar-refractivity contribution in [1.82, 2.24) is 23.7 Å². The number of rotatable bonds is 4. The Morgan fingerprint density at radius 2 is 1.93 bits per heavy atom. The van der Waals surface area contributed by atoms with Crippen molar-refractivity contribution in [1.29, 1.82) is 0 Å². The zero-order valence-electron chi connectivity index (χ0n) is 16.1. The fourth-order valence-electron chi connectivity index (χ4n) is 4.15. The smallest absolute Gasteiger partial charge is 0.281 e. The fraction of sp³-hybridized carbons (Fsp3) is 0.500. The lowest BCUT2D eigenvalue weighted by Crippen LogP contribution is -2.44. The summed E-state index contributed by atoms with van der Waals surface area (Å²) in [7, 11) is -0.550. The number of aromatic nitrogens is 2. The number of fused-ring (bicyclic) bond motifs is 1. The fourth-order valence-corrected chi connectivity index (χ4v) is 5.37. The van der Waals surface area contributed by atoms with E-state index in [0.717, 1.165) is 0 Å². The number of carbonyl (C=O) groups is 1. The molecule has 2 fully saturated rings. The average molecular weight is 405 g/mol. The Hall–Kier alpha value is -2.30. The molecule has 28 heavy (non-hydrogen) atoms. The van der Waals surface area contributed by atoms with E-state index in [-0.39, 0.29) is 18.4 Å². The normalized spacial score (nSPS) is 25.4. The first-order valence-electron chi connectivity index (χ1n) is 9.07. The molecule has 0 saturated carbocycles. The Bertz CT molecular complexity index is 990. The Morgan fingerprint density at radius 3 is 2.54 bits per heavy atom. The number of amides is 1. The van der Waals surface area contributed by atoms with Crippen molar-refractivity contribution in [3.63, 3.8) is 0 Å². The Labute approximate surface area is 164 Å². The Kier molecular flexibility index (Phi) is 4.52. The third-order valence-electron chi connectivity index (χ3n) is 5.63. The molecule has 0 radical (unpaired) electrons. The van der Waals surface area contributed by atoms with Gasteiger partial charge in [0.05, 0.1) is 5.41 Å². The molecular weight excluding hydrogens is 382 g/mol. The van der Waals surface area contributed by atoms with E-state index in [1.54, 1.807) is 24.0 Å². The molecular formula is C18H23N5O4S. The third-order valence-corrected chi connectivity index (χ3v) is 7.48. The van der Waals surface area contributed by atoms with E-state index in [1.807, 2.05) is 18.2 Å². The first-order chi connectivity index (χ1) is 13.2. The maximum Gasteiger partial charge on any atom is 0.281 e. The van der Waals surface area contributed by atoms with E-state index in [0.29, 0.717) is 36.9 Å². The molecule has 0 bridgehead atoms. The summed E-state index contributed by atoms with van der Waals surface area (Å²) in [6, 6.07) is 9.08. The second-order valence-electron chi connectivity index (χ2n) is 7.63. The van der Waals surface area contributed by atoms with Crippen LogP contribution < -0.4 is 0 Å². The van der Waals surface area contributed by atoms with E-state index >= 15 is 0 Å². The molecule has 150 valence electrons. The highest BCUT2D eigenvalue weighted by Gasteiger charge is 2.60. The van der Waals surface area contributed by atoms with Gasteiger partial charge in [-0.25, -0.2) is 0 Å². The molecule has 2 aliphatic rings. The highest BCUT2D eigenvalue weighted by molar-refractivity contribution is 7.86. The number of nitrogens with zero attached hydrogens (tertiary/aromatic N) is 5. The van der Waals surface area contributed by atoms with Crippen LogP contribution in [-0.4, -0.2) is 78.3 Å². The SMILES string of the molecule is Cc1noc([C@@]23CN(C(=O)c4ccccc4)C[C@@H]2CN(S(=O)(=O)N(C)C)C3)n1. The van der Waals surface area contributed by atoms with Crippen molar-refractivity contribution in [2.24, 2.45) is 5.92 Å². The molecule has 2 atom stereocenters. The van der Waals surface area contributed by atoms with Gasteiger partial charge in [-0.2, -0.15) is 22.0 Å². The number of aryl methyl sites for hydroxylation is 1. The number of carbonyl (C=O) groups excluding carboxylic acids is 1. The van der Waals surface area contributed by atoms with Gasteiger partial charge in [0, 0.05) is 51.8 Å². The minimum absolute atomic E-state index is 0.0763. The Morgan fingerprint density at radius 1 is 1.21 bits per heavy atom. The highest BCUT2D eigenvalue weighted by atomic mass is 32.2. The molecule has 0 aliphatic carbocycles. The van der Waals surface area contributed by atoms with E-state index in [1.165, 1.54) is 22.7 Å². The van der Waals surface area contributed by atoms with Gasteiger partial charge >= 0.3 is 0 Å². The first kappa shape index (κ1) is 19.0. The van der Waals surface area contributed by atoms with Crippen LogP contribution in [0.4, 0.5) is 0 Å². The summed E-state index contributed by atoms with van der Waals surface area (Å²) in [5.74, 6) is 0.696. The van der Waals surface area contributed by atoms with E-state index in [9.17, 15) is 13.2 Å². The van der Waals surface area contributed by atoms with Gasteiger partial charge in [0.15, 0.2) is 5.82 Å². The van der Waals surface area contributed by atoms with Crippen LogP contribution in [0.1, 0.15) is 22.1 Å². The molecule has 10 heteroatoms. The molecule has 0 unspecified atom stereocenters. The van der Waals surface area contributed by atoms with Crippen LogP contribution in [0.3, 0.4) is 0 Å². The summed E-state index contributed by atoms with van der Waals surface area (Å²) in [6.07, 6.45) is 0. The number of hydrogen-bond donors (Lipinski definition) is 0. The third kappa shape index (κ3) is 2.92. The lowest BCUT2D eigenvalue weighted by atomic mass is 9.81. The van der Waals surface area contributed by atoms with Crippen molar-refractivity contribution >= 4 is 16.1 Å². The molecule has 2 aromatic rings.